The molecule has 23 heavy (non-hydrogen) atoms. The number of nitrogens with two attached hydrogens (primary N) is 1. The van der Waals surface area contributed by atoms with E-state index >= 15 is 0 Å². The summed E-state index contributed by atoms with van der Waals surface area (Å²) in [5.41, 5.74) is 7.76. The van der Waals surface area contributed by atoms with Crippen LogP contribution in [0.4, 0.5) is 0 Å². The normalized spacial score (nSPS) is 16.0. The van der Waals surface area contributed by atoms with Crippen molar-refractivity contribution >= 4 is 28.8 Å². The number of carbonyl (C=O) groups is 1. The average Bonchev–Trinajstić information content (AvgIpc) is 3.19. The molecule has 0 saturated heterocycles. The van der Waals surface area contributed by atoms with E-state index in [9.17, 15) is 4.79 Å². The van der Waals surface area contributed by atoms with Crippen LogP contribution in [-0.4, -0.2) is 25.1 Å². The molecule has 0 spiro atoms. The highest BCUT2D eigenvalue weighted by Gasteiger charge is 2.25. The number of hydrogen-bond donors (Lipinski definition) is 2. The minimum Gasteiger partial charge on any atom is -0.487 e. The first kappa shape index (κ1) is 16.3. The van der Waals surface area contributed by atoms with Crippen molar-refractivity contribution in [1.29, 1.82) is 0 Å². The van der Waals surface area contributed by atoms with Crippen molar-refractivity contribution in [2.45, 2.75) is 25.9 Å². The quantitative estimate of drug-likeness (QED) is 0.867. The summed E-state index contributed by atoms with van der Waals surface area (Å²) < 4.78 is 5.75. The highest BCUT2D eigenvalue weighted by atomic mass is 35.5. The van der Waals surface area contributed by atoms with Crippen LogP contribution in [-0.2, 0) is 6.42 Å². The van der Waals surface area contributed by atoms with Gasteiger partial charge in [-0.15, -0.1) is 11.3 Å². The Morgan fingerprint density at radius 2 is 2.30 bits per heavy atom. The van der Waals surface area contributed by atoms with Crippen molar-refractivity contribution in [2.75, 3.05) is 13.1 Å². The summed E-state index contributed by atoms with van der Waals surface area (Å²) in [5, 5.41) is 3.49. The molecule has 0 fully saturated rings. The Labute approximate surface area is 144 Å². The number of hydrogen-bond acceptors (Lipinski definition) is 4. The maximum atomic E-state index is 12.0. The average molecular weight is 351 g/mol. The lowest BCUT2D eigenvalue weighted by molar-refractivity contribution is 0.0957. The van der Waals surface area contributed by atoms with Crippen LogP contribution >= 0.6 is 22.9 Å². The van der Waals surface area contributed by atoms with Crippen LogP contribution in [0, 0.1) is 0 Å². The van der Waals surface area contributed by atoms with Gasteiger partial charge < -0.3 is 15.8 Å². The number of ether oxygens (including phenoxy) is 1. The van der Waals surface area contributed by atoms with Gasteiger partial charge in [-0.25, -0.2) is 0 Å². The molecule has 6 heteroatoms. The topological polar surface area (TPSA) is 64.4 Å². The lowest BCUT2D eigenvalue weighted by atomic mass is 10.1. The Morgan fingerprint density at radius 1 is 1.48 bits per heavy atom. The first-order valence-corrected chi connectivity index (χ1v) is 8.89. The number of halogens is 1. The number of thiophene rings is 1. The van der Waals surface area contributed by atoms with E-state index in [1.165, 1.54) is 11.3 Å². The van der Waals surface area contributed by atoms with Crippen LogP contribution in [0.5, 0.6) is 5.75 Å². The van der Waals surface area contributed by atoms with Gasteiger partial charge >= 0.3 is 0 Å². The SMILES string of the molecule is CCCNC(=O)c1ccc(-c2cc(Cl)c3c(c2)C[C@@H](CN)O3)s1. The van der Waals surface area contributed by atoms with E-state index in [0.717, 1.165) is 34.6 Å². The summed E-state index contributed by atoms with van der Waals surface area (Å²) in [6.45, 7) is 3.19. The Kier molecular flexibility index (Phi) is 4.90. The molecule has 3 rings (SSSR count). The van der Waals surface area contributed by atoms with Gasteiger partial charge in [-0.05, 0) is 36.2 Å². The van der Waals surface area contributed by atoms with E-state index in [1.807, 2.05) is 25.1 Å². The van der Waals surface area contributed by atoms with Crippen LogP contribution in [0.2, 0.25) is 5.02 Å². The Balaban J connectivity index is 1.85. The minimum absolute atomic E-state index is 0.00327. The van der Waals surface area contributed by atoms with Gasteiger partial charge in [-0.3, -0.25) is 4.79 Å². The van der Waals surface area contributed by atoms with Crippen molar-refractivity contribution < 1.29 is 9.53 Å². The molecule has 1 aromatic carbocycles. The summed E-state index contributed by atoms with van der Waals surface area (Å²) in [6, 6.07) is 7.78. The highest BCUT2D eigenvalue weighted by Crippen LogP contribution is 2.40. The standard InChI is InChI=1S/C17H19ClN2O2S/c1-2-5-20-17(21)15-4-3-14(23-15)10-6-11-7-12(9-19)22-16(11)13(18)8-10/h3-4,6,8,12H,2,5,7,9,19H2,1H3,(H,20,21)/t12-/m0/s1. The fourth-order valence-electron chi connectivity index (χ4n) is 2.60. The van der Waals surface area contributed by atoms with Crippen molar-refractivity contribution in [3.8, 4) is 16.2 Å². The molecule has 1 atom stereocenters. The first-order chi connectivity index (χ1) is 11.1. The molecule has 2 aromatic rings. The van der Waals surface area contributed by atoms with E-state index in [2.05, 4.69) is 11.4 Å². The zero-order valence-electron chi connectivity index (χ0n) is 12.9. The molecule has 0 radical (unpaired) electrons. The lowest BCUT2D eigenvalue weighted by Crippen LogP contribution is -2.24. The summed E-state index contributed by atoms with van der Waals surface area (Å²) in [5.74, 6) is 0.713. The number of carbonyl (C=O) groups excluding carboxylic acids is 1. The Morgan fingerprint density at radius 3 is 3.04 bits per heavy atom. The number of benzene rings is 1. The van der Waals surface area contributed by atoms with Gasteiger partial charge in [-0.2, -0.15) is 0 Å². The predicted molar refractivity (Wildman–Crippen MR) is 94.6 cm³/mol. The number of fused-ring (bicyclic) bond motifs is 1. The highest BCUT2D eigenvalue weighted by molar-refractivity contribution is 7.17. The van der Waals surface area contributed by atoms with Gasteiger partial charge in [0.2, 0.25) is 0 Å². The number of rotatable bonds is 5. The van der Waals surface area contributed by atoms with Gasteiger partial charge in [0, 0.05) is 30.0 Å². The van der Waals surface area contributed by atoms with Gasteiger partial charge in [-0.1, -0.05) is 18.5 Å². The van der Waals surface area contributed by atoms with Crippen LogP contribution < -0.4 is 15.8 Å². The molecule has 3 N–H and O–H groups in total. The fraction of sp³-hybridized carbons (Fsp3) is 0.353. The molecule has 0 aliphatic carbocycles. The second-order valence-electron chi connectivity index (χ2n) is 5.55. The molecule has 1 aromatic heterocycles. The molecular weight excluding hydrogens is 332 g/mol. The third kappa shape index (κ3) is 3.37. The van der Waals surface area contributed by atoms with Gasteiger partial charge in [0.05, 0.1) is 9.90 Å². The molecule has 0 unspecified atom stereocenters. The second kappa shape index (κ2) is 6.91. The van der Waals surface area contributed by atoms with Crippen LogP contribution in [0.25, 0.3) is 10.4 Å². The molecule has 0 bridgehead atoms. The predicted octanol–water partition coefficient (Wildman–Crippen LogP) is 3.47. The zero-order valence-corrected chi connectivity index (χ0v) is 14.5. The van der Waals surface area contributed by atoms with Crippen molar-refractivity contribution in [2.24, 2.45) is 5.73 Å². The molecule has 0 saturated carbocycles. The van der Waals surface area contributed by atoms with Crippen LogP contribution in [0.3, 0.4) is 0 Å². The van der Waals surface area contributed by atoms with E-state index in [4.69, 9.17) is 22.1 Å². The Bertz CT molecular complexity index is 729. The first-order valence-electron chi connectivity index (χ1n) is 7.70. The molecule has 1 aliphatic heterocycles. The van der Waals surface area contributed by atoms with Crippen molar-refractivity contribution in [3.05, 3.63) is 39.7 Å². The molecule has 1 amide bonds. The van der Waals surface area contributed by atoms with Crippen LogP contribution in [0.15, 0.2) is 24.3 Å². The van der Waals surface area contributed by atoms with Gasteiger partial charge in [0.25, 0.3) is 5.91 Å². The van der Waals surface area contributed by atoms with Gasteiger partial charge in [0.15, 0.2) is 0 Å². The van der Waals surface area contributed by atoms with Gasteiger partial charge in [0.1, 0.15) is 11.9 Å². The molecular formula is C17H19ClN2O2S. The maximum absolute atomic E-state index is 12.0. The molecule has 1 aliphatic rings. The van der Waals surface area contributed by atoms with Crippen molar-refractivity contribution in [3.63, 3.8) is 0 Å². The summed E-state index contributed by atoms with van der Waals surface area (Å²) in [6.07, 6.45) is 1.69. The number of amides is 1. The fourth-order valence-corrected chi connectivity index (χ4v) is 3.80. The number of nitrogens with one attached hydrogen (secondary N) is 1. The molecule has 4 nitrogen and oxygen atoms in total. The van der Waals surface area contributed by atoms with E-state index in [-0.39, 0.29) is 12.0 Å². The summed E-state index contributed by atoms with van der Waals surface area (Å²) in [4.78, 5) is 13.8. The van der Waals surface area contributed by atoms with Crippen molar-refractivity contribution in [1.82, 2.24) is 5.32 Å². The minimum atomic E-state index is -0.0260. The smallest absolute Gasteiger partial charge is 0.261 e. The Hall–Kier alpha value is -1.56. The maximum Gasteiger partial charge on any atom is 0.261 e. The van der Waals surface area contributed by atoms with E-state index in [0.29, 0.717) is 23.0 Å². The third-order valence-corrected chi connectivity index (χ3v) is 5.18. The third-order valence-electron chi connectivity index (χ3n) is 3.77. The second-order valence-corrected chi connectivity index (χ2v) is 7.04. The monoisotopic (exact) mass is 350 g/mol. The molecule has 122 valence electrons. The van der Waals surface area contributed by atoms with E-state index < -0.39 is 0 Å². The molecule has 2 heterocycles. The summed E-state index contributed by atoms with van der Waals surface area (Å²) >= 11 is 7.81. The largest absolute Gasteiger partial charge is 0.487 e. The zero-order chi connectivity index (χ0) is 16.4. The van der Waals surface area contributed by atoms with E-state index in [1.54, 1.807) is 0 Å². The summed E-state index contributed by atoms with van der Waals surface area (Å²) in [7, 11) is 0. The van der Waals surface area contributed by atoms with Crippen LogP contribution in [0.1, 0.15) is 28.6 Å². The lowest BCUT2D eigenvalue weighted by Gasteiger charge is -2.07.